The number of nitrogens with zero attached hydrogens (tertiary/aromatic N) is 1. The van der Waals surface area contributed by atoms with Gasteiger partial charge in [-0.15, -0.1) is 0 Å². The minimum absolute atomic E-state index is 0.303. The summed E-state index contributed by atoms with van der Waals surface area (Å²) in [6.07, 6.45) is 2.24. The number of hydrogen-bond acceptors (Lipinski definition) is 4. The normalized spacial score (nSPS) is 11.5. The summed E-state index contributed by atoms with van der Waals surface area (Å²) < 4.78 is 27.4. The maximum atomic E-state index is 12.4. The molecular weight excluding hydrogens is 286 g/mol. The largest absolute Gasteiger partial charge is 0.399 e. The summed E-state index contributed by atoms with van der Waals surface area (Å²) in [5.41, 5.74) is 8.45. The first kappa shape index (κ1) is 15.5. The zero-order valence-electron chi connectivity index (χ0n) is 12.1. The quantitative estimate of drug-likeness (QED) is 0.825. The van der Waals surface area contributed by atoms with Gasteiger partial charge in [-0.1, -0.05) is 6.07 Å². The first-order valence-electron chi connectivity index (χ1n) is 6.66. The Bertz CT molecular complexity index is 705. The number of anilines is 1. The summed E-state index contributed by atoms with van der Waals surface area (Å²) in [6, 6.07) is 8.91. The highest BCUT2D eigenvalue weighted by Gasteiger charge is 2.19. The maximum absolute atomic E-state index is 12.4. The summed E-state index contributed by atoms with van der Waals surface area (Å²) in [5, 5.41) is 0. The fourth-order valence-electron chi connectivity index (χ4n) is 2.34. The molecule has 0 aliphatic carbocycles. The van der Waals surface area contributed by atoms with E-state index in [2.05, 4.69) is 9.71 Å². The number of nitrogen functional groups attached to an aromatic ring is 1. The first-order chi connectivity index (χ1) is 9.90. The van der Waals surface area contributed by atoms with E-state index in [9.17, 15) is 8.42 Å². The van der Waals surface area contributed by atoms with Gasteiger partial charge in [0, 0.05) is 30.5 Å². The average Bonchev–Trinajstić information content (AvgIpc) is 2.38. The van der Waals surface area contributed by atoms with Crippen molar-refractivity contribution in [3.63, 3.8) is 0 Å². The zero-order valence-corrected chi connectivity index (χ0v) is 12.9. The van der Waals surface area contributed by atoms with Crippen molar-refractivity contribution in [3.8, 4) is 0 Å². The molecule has 0 fully saturated rings. The molecule has 0 amide bonds. The van der Waals surface area contributed by atoms with Gasteiger partial charge in [0.25, 0.3) is 0 Å². The lowest BCUT2D eigenvalue weighted by atomic mass is 10.1. The Morgan fingerprint density at radius 2 is 1.86 bits per heavy atom. The van der Waals surface area contributed by atoms with Crippen LogP contribution in [-0.4, -0.2) is 19.9 Å². The molecule has 0 atom stereocenters. The van der Waals surface area contributed by atoms with E-state index in [1.807, 2.05) is 18.2 Å². The molecule has 2 aromatic rings. The molecule has 0 spiro atoms. The molecule has 6 heteroatoms. The van der Waals surface area contributed by atoms with Gasteiger partial charge in [0.05, 0.1) is 4.90 Å². The van der Waals surface area contributed by atoms with Crippen molar-refractivity contribution in [2.75, 3.05) is 12.3 Å². The molecule has 1 heterocycles. The van der Waals surface area contributed by atoms with Crippen molar-refractivity contribution in [3.05, 3.63) is 53.3 Å². The third-order valence-electron chi connectivity index (χ3n) is 3.15. The van der Waals surface area contributed by atoms with Crippen LogP contribution >= 0.6 is 0 Å². The molecule has 0 unspecified atom stereocenters. The second-order valence-corrected chi connectivity index (χ2v) is 6.66. The van der Waals surface area contributed by atoms with Gasteiger partial charge in [-0.3, -0.25) is 4.98 Å². The standard InChI is InChI=1S/C15H19N3O2S/c1-11-9-13(16)10-12(2)15(11)21(19,20)18-8-6-14-5-3-4-7-17-14/h3-5,7,9-10,18H,6,8,16H2,1-2H3. The van der Waals surface area contributed by atoms with Crippen LogP contribution in [0, 0.1) is 13.8 Å². The number of nitrogens with two attached hydrogens (primary N) is 1. The molecule has 0 radical (unpaired) electrons. The van der Waals surface area contributed by atoms with Gasteiger partial charge in [0.2, 0.25) is 10.0 Å². The van der Waals surface area contributed by atoms with Crippen molar-refractivity contribution in [1.82, 2.24) is 9.71 Å². The van der Waals surface area contributed by atoms with Crippen molar-refractivity contribution in [2.45, 2.75) is 25.2 Å². The van der Waals surface area contributed by atoms with Crippen LogP contribution in [0.5, 0.6) is 0 Å². The number of hydrogen-bond donors (Lipinski definition) is 2. The summed E-state index contributed by atoms with van der Waals surface area (Å²) in [4.78, 5) is 4.47. The van der Waals surface area contributed by atoms with Gasteiger partial charge in [0.15, 0.2) is 0 Å². The number of benzene rings is 1. The number of aromatic nitrogens is 1. The summed E-state index contributed by atoms with van der Waals surface area (Å²) >= 11 is 0. The number of nitrogens with one attached hydrogen (secondary N) is 1. The second kappa shape index (κ2) is 6.24. The third kappa shape index (κ3) is 3.80. The van der Waals surface area contributed by atoms with Crippen LogP contribution in [0.25, 0.3) is 0 Å². The van der Waals surface area contributed by atoms with Gasteiger partial charge >= 0.3 is 0 Å². The van der Waals surface area contributed by atoms with E-state index >= 15 is 0 Å². The SMILES string of the molecule is Cc1cc(N)cc(C)c1S(=O)(=O)NCCc1ccccn1. The van der Waals surface area contributed by atoms with Crippen LogP contribution < -0.4 is 10.5 Å². The molecule has 112 valence electrons. The lowest BCUT2D eigenvalue weighted by Gasteiger charge is -2.12. The first-order valence-corrected chi connectivity index (χ1v) is 8.15. The number of sulfonamides is 1. The van der Waals surface area contributed by atoms with Gasteiger partial charge < -0.3 is 5.73 Å². The minimum Gasteiger partial charge on any atom is -0.399 e. The van der Waals surface area contributed by atoms with Crippen LogP contribution in [0.1, 0.15) is 16.8 Å². The van der Waals surface area contributed by atoms with Crippen LogP contribution in [0.2, 0.25) is 0 Å². The molecule has 0 saturated heterocycles. The van der Waals surface area contributed by atoms with Crippen LogP contribution in [0.3, 0.4) is 0 Å². The van der Waals surface area contributed by atoms with Crippen molar-refractivity contribution >= 4 is 15.7 Å². The van der Waals surface area contributed by atoms with E-state index in [1.54, 1.807) is 32.2 Å². The smallest absolute Gasteiger partial charge is 0.241 e. The molecule has 3 N–H and O–H groups in total. The monoisotopic (exact) mass is 305 g/mol. The Hall–Kier alpha value is -1.92. The van der Waals surface area contributed by atoms with Crippen molar-refractivity contribution in [1.29, 1.82) is 0 Å². The van der Waals surface area contributed by atoms with Crippen LogP contribution in [-0.2, 0) is 16.4 Å². The van der Waals surface area contributed by atoms with Gasteiger partial charge in [-0.05, 0) is 49.2 Å². The van der Waals surface area contributed by atoms with E-state index in [0.717, 1.165) is 5.69 Å². The summed E-state index contributed by atoms with van der Waals surface area (Å²) in [7, 11) is -3.54. The molecule has 0 saturated carbocycles. The molecule has 1 aromatic heterocycles. The Labute approximate surface area is 125 Å². The number of aryl methyl sites for hydroxylation is 2. The highest BCUT2D eigenvalue weighted by atomic mass is 32.2. The Morgan fingerprint density at radius 1 is 1.19 bits per heavy atom. The van der Waals surface area contributed by atoms with Crippen molar-refractivity contribution < 1.29 is 8.42 Å². The summed E-state index contributed by atoms with van der Waals surface area (Å²) in [6.45, 7) is 3.80. The molecule has 21 heavy (non-hydrogen) atoms. The summed E-state index contributed by atoms with van der Waals surface area (Å²) in [5.74, 6) is 0. The predicted octanol–water partition coefficient (Wildman–Crippen LogP) is 1.80. The highest BCUT2D eigenvalue weighted by molar-refractivity contribution is 7.89. The zero-order chi connectivity index (χ0) is 15.5. The van der Waals surface area contributed by atoms with Gasteiger partial charge in [-0.25, -0.2) is 13.1 Å². The third-order valence-corrected chi connectivity index (χ3v) is 4.92. The lowest BCUT2D eigenvalue weighted by Crippen LogP contribution is -2.27. The average molecular weight is 305 g/mol. The van der Waals surface area contributed by atoms with E-state index in [0.29, 0.717) is 34.7 Å². The molecule has 1 aromatic carbocycles. The van der Waals surface area contributed by atoms with E-state index in [4.69, 9.17) is 5.73 Å². The van der Waals surface area contributed by atoms with Crippen LogP contribution in [0.4, 0.5) is 5.69 Å². The van der Waals surface area contributed by atoms with E-state index in [1.165, 1.54) is 0 Å². The van der Waals surface area contributed by atoms with E-state index < -0.39 is 10.0 Å². The second-order valence-electron chi connectivity index (χ2n) is 4.95. The van der Waals surface area contributed by atoms with Crippen molar-refractivity contribution in [2.24, 2.45) is 0 Å². The topological polar surface area (TPSA) is 85.1 Å². The lowest BCUT2D eigenvalue weighted by molar-refractivity contribution is 0.580. The van der Waals surface area contributed by atoms with Gasteiger partial charge in [-0.2, -0.15) is 0 Å². The molecular formula is C15H19N3O2S. The highest BCUT2D eigenvalue weighted by Crippen LogP contribution is 2.22. The predicted molar refractivity (Wildman–Crippen MR) is 83.5 cm³/mol. The Morgan fingerprint density at radius 3 is 2.43 bits per heavy atom. The number of rotatable bonds is 5. The molecule has 0 aliphatic rings. The molecule has 5 nitrogen and oxygen atoms in total. The maximum Gasteiger partial charge on any atom is 0.241 e. The minimum atomic E-state index is -3.54. The molecule has 0 bridgehead atoms. The van der Waals surface area contributed by atoms with E-state index in [-0.39, 0.29) is 0 Å². The molecule has 0 aliphatic heterocycles. The van der Waals surface area contributed by atoms with Crippen LogP contribution in [0.15, 0.2) is 41.4 Å². The van der Waals surface area contributed by atoms with Gasteiger partial charge in [0.1, 0.15) is 0 Å². The Kier molecular flexibility index (Phi) is 4.59. The fraction of sp³-hybridized carbons (Fsp3) is 0.267. The Balaban J connectivity index is 2.12. The fourth-order valence-corrected chi connectivity index (χ4v) is 3.82. The number of pyridine rings is 1. The molecule has 2 rings (SSSR count).